The Morgan fingerprint density at radius 2 is 2.00 bits per heavy atom. The molecule has 3 rings (SSSR count). The Kier molecular flexibility index (Phi) is 6.85. The minimum Gasteiger partial charge on any atom is -0.497 e. The summed E-state index contributed by atoms with van der Waals surface area (Å²) in [6.45, 7) is 2.24. The number of benzene rings is 2. The molecule has 0 atom stereocenters. The van der Waals surface area contributed by atoms with Gasteiger partial charge in [0.2, 0.25) is 5.91 Å². The standard InChI is InChI=1S/C20H19N3O5S/c1-3-27-17-10-13(11-21-23-20-22-18(24)12-29-20)4-9-16(17)28-19(25)14-5-7-15(26-2)8-6-14/h4-11H,3,12H2,1-2H3,(H,22,23,24)/b21-11-. The Bertz CT molecular complexity index is 957. The van der Waals surface area contributed by atoms with Gasteiger partial charge in [-0.15, -0.1) is 5.10 Å². The molecule has 0 bridgehead atoms. The van der Waals surface area contributed by atoms with Crippen LogP contribution in [-0.4, -0.2) is 42.7 Å². The molecule has 0 saturated carbocycles. The average molecular weight is 413 g/mol. The van der Waals surface area contributed by atoms with Crippen molar-refractivity contribution in [2.24, 2.45) is 10.2 Å². The van der Waals surface area contributed by atoms with E-state index in [0.717, 1.165) is 0 Å². The van der Waals surface area contributed by atoms with E-state index in [1.807, 2.05) is 6.92 Å². The molecule has 1 saturated heterocycles. The number of hydrogen-bond acceptors (Lipinski definition) is 8. The number of amidine groups is 1. The smallest absolute Gasteiger partial charge is 0.343 e. The molecule has 1 heterocycles. The largest absolute Gasteiger partial charge is 0.497 e. The molecule has 0 aromatic heterocycles. The van der Waals surface area contributed by atoms with Crippen LogP contribution in [0.3, 0.4) is 0 Å². The van der Waals surface area contributed by atoms with Crippen LogP contribution in [-0.2, 0) is 4.79 Å². The van der Waals surface area contributed by atoms with Gasteiger partial charge >= 0.3 is 5.97 Å². The van der Waals surface area contributed by atoms with Crippen molar-refractivity contribution in [1.29, 1.82) is 0 Å². The lowest BCUT2D eigenvalue weighted by atomic mass is 10.2. The van der Waals surface area contributed by atoms with Crippen LogP contribution >= 0.6 is 11.8 Å². The molecule has 29 heavy (non-hydrogen) atoms. The predicted octanol–water partition coefficient (Wildman–Crippen LogP) is 2.87. The van der Waals surface area contributed by atoms with Gasteiger partial charge in [0, 0.05) is 0 Å². The lowest BCUT2D eigenvalue weighted by Crippen LogP contribution is -2.19. The van der Waals surface area contributed by atoms with Gasteiger partial charge in [-0.05, 0) is 55.0 Å². The van der Waals surface area contributed by atoms with Gasteiger partial charge in [0.05, 0.1) is 31.2 Å². The molecule has 0 radical (unpaired) electrons. The lowest BCUT2D eigenvalue weighted by molar-refractivity contribution is -0.116. The van der Waals surface area contributed by atoms with E-state index >= 15 is 0 Å². The summed E-state index contributed by atoms with van der Waals surface area (Å²) in [6.07, 6.45) is 1.52. The third kappa shape index (κ3) is 5.58. The third-order valence-corrected chi connectivity index (χ3v) is 4.60. The zero-order chi connectivity index (χ0) is 20.6. The van der Waals surface area contributed by atoms with E-state index in [0.29, 0.717) is 45.9 Å². The van der Waals surface area contributed by atoms with E-state index in [1.54, 1.807) is 49.6 Å². The van der Waals surface area contributed by atoms with E-state index < -0.39 is 5.97 Å². The molecule has 1 N–H and O–H groups in total. The van der Waals surface area contributed by atoms with Crippen LogP contribution in [0.15, 0.2) is 52.7 Å². The van der Waals surface area contributed by atoms with Gasteiger partial charge in [-0.25, -0.2) is 4.79 Å². The zero-order valence-corrected chi connectivity index (χ0v) is 16.7. The number of carbonyl (C=O) groups excluding carboxylic acids is 2. The van der Waals surface area contributed by atoms with Crippen LogP contribution in [0, 0.1) is 0 Å². The molecule has 0 unspecified atom stereocenters. The Labute approximate surface area is 171 Å². The molecule has 1 aliphatic heterocycles. The molecule has 8 nitrogen and oxygen atoms in total. The van der Waals surface area contributed by atoms with E-state index in [1.165, 1.54) is 18.0 Å². The van der Waals surface area contributed by atoms with Crippen LogP contribution < -0.4 is 19.5 Å². The maximum absolute atomic E-state index is 12.4. The molecular weight excluding hydrogens is 394 g/mol. The Balaban J connectivity index is 1.73. The predicted molar refractivity (Wildman–Crippen MR) is 111 cm³/mol. The maximum atomic E-state index is 12.4. The number of carbonyl (C=O) groups is 2. The summed E-state index contributed by atoms with van der Waals surface area (Å²) in [7, 11) is 1.56. The zero-order valence-electron chi connectivity index (χ0n) is 15.9. The van der Waals surface area contributed by atoms with Gasteiger partial charge in [-0.3, -0.25) is 4.79 Å². The second-order valence-corrected chi connectivity index (χ2v) is 6.71. The van der Waals surface area contributed by atoms with Crippen LogP contribution in [0.5, 0.6) is 17.2 Å². The fourth-order valence-corrected chi connectivity index (χ4v) is 3.00. The summed E-state index contributed by atoms with van der Waals surface area (Å²) in [6, 6.07) is 11.7. The summed E-state index contributed by atoms with van der Waals surface area (Å²) >= 11 is 1.29. The maximum Gasteiger partial charge on any atom is 0.343 e. The number of hydrogen-bond donors (Lipinski definition) is 1. The molecule has 1 fully saturated rings. The number of thioether (sulfide) groups is 1. The second kappa shape index (κ2) is 9.74. The first-order chi connectivity index (χ1) is 14.1. The van der Waals surface area contributed by atoms with Crippen molar-refractivity contribution in [3.05, 3.63) is 53.6 Å². The number of rotatable bonds is 7. The highest BCUT2D eigenvalue weighted by Crippen LogP contribution is 2.29. The number of ether oxygens (including phenoxy) is 3. The summed E-state index contributed by atoms with van der Waals surface area (Å²) in [5.74, 6) is 1.11. The van der Waals surface area contributed by atoms with E-state index in [2.05, 4.69) is 15.5 Å². The third-order valence-electron chi connectivity index (χ3n) is 3.74. The SMILES string of the molecule is CCOc1cc(/C=N\N=C2\NC(=O)CS2)ccc1OC(=O)c1ccc(OC)cc1. The molecule has 1 amide bonds. The average Bonchev–Trinajstić information content (AvgIpc) is 3.15. The van der Waals surface area contributed by atoms with Crippen LogP contribution in [0.1, 0.15) is 22.8 Å². The minimum absolute atomic E-state index is 0.0920. The van der Waals surface area contributed by atoms with Gasteiger partial charge in [0.25, 0.3) is 0 Å². The van der Waals surface area contributed by atoms with E-state index in [9.17, 15) is 9.59 Å². The first-order valence-corrected chi connectivity index (χ1v) is 9.74. The van der Waals surface area contributed by atoms with Gasteiger partial charge < -0.3 is 19.5 Å². The number of amides is 1. The van der Waals surface area contributed by atoms with Gasteiger partial charge in [0.1, 0.15) is 5.75 Å². The van der Waals surface area contributed by atoms with Crippen molar-refractivity contribution in [3.63, 3.8) is 0 Å². The Morgan fingerprint density at radius 1 is 1.21 bits per heavy atom. The molecule has 150 valence electrons. The molecular formula is C20H19N3O5S. The molecule has 2 aromatic rings. The number of esters is 1. The molecule has 1 aliphatic rings. The van der Waals surface area contributed by atoms with Gasteiger partial charge in [-0.1, -0.05) is 11.8 Å². The number of nitrogens with one attached hydrogen (secondary N) is 1. The van der Waals surface area contributed by atoms with Crippen LogP contribution in [0.4, 0.5) is 0 Å². The highest BCUT2D eigenvalue weighted by atomic mass is 32.2. The summed E-state index contributed by atoms with van der Waals surface area (Å²) < 4.78 is 16.2. The monoisotopic (exact) mass is 413 g/mol. The van der Waals surface area contributed by atoms with E-state index in [-0.39, 0.29) is 5.91 Å². The van der Waals surface area contributed by atoms with Crippen molar-refractivity contribution in [1.82, 2.24) is 5.32 Å². The van der Waals surface area contributed by atoms with Crippen molar-refractivity contribution in [2.45, 2.75) is 6.92 Å². The fourth-order valence-electron chi connectivity index (χ4n) is 2.37. The van der Waals surface area contributed by atoms with Gasteiger partial charge in [-0.2, -0.15) is 5.10 Å². The van der Waals surface area contributed by atoms with Crippen molar-refractivity contribution < 1.29 is 23.8 Å². The van der Waals surface area contributed by atoms with Crippen molar-refractivity contribution in [2.75, 3.05) is 19.5 Å². The van der Waals surface area contributed by atoms with Crippen LogP contribution in [0.25, 0.3) is 0 Å². The van der Waals surface area contributed by atoms with Crippen molar-refractivity contribution in [3.8, 4) is 17.2 Å². The number of methoxy groups -OCH3 is 1. The highest BCUT2D eigenvalue weighted by Gasteiger charge is 2.16. The number of nitrogens with zero attached hydrogens (tertiary/aromatic N) is 2. The Morgan fingerprint density at radius 3 is 2.66 bits per heavy atom. The molecule has 2 aromatic carbocycles. The first-order valence-electron chi connectivity index (χ1n) is 8.76. The summed E-state index contributed by atoms with van der Waals surface area (Å²) in [4.78, 5) is 23.5. The molecule has 0 aliphatic carbocycles. The topological polar surface area (TPSA) is 98.6 Å². The Hall–Kier alpha value is -3.33. The lowest BCUT2D eigenvalue weighted by Gasteiger charge is -2.11. The highest BCUT2D eigenvalue weighted by molar-refractivity contribution is 8.15. The second-order valence-electron chi connectivity index (χ2n) is 5.74. The molecule has 0 spiro atoms. The molecule has 9 heteroatoms. The van der Waals surface area contributed by atoms with Gasteiger partial charge in [0.15, 0.2) is 16.7 Å². The van der Waals surface area contributed by atoms with Crippen LogP contribution in [0.2, 0.25) is 0 Å². The summed E-state index contributed by atoms with van der Waals surface area (Å²) in [5, 5.41) is 11.0. The first kappa shape index (κ1) is 20.4. The van der Waals surface area contributed by atoms with E-state index in [4.69, 9.17) is 14.2 Å². The minimum atomic E-state index is -0.504. The summed E-state index contributed by atoms with van der Waals surface area (Å²) in [5.41, 5.74) is 1.10. The quantitative estimate of drug-likeness (QED) is 0.324. The normalized spacial score (nSPS) is 14.8. The fraction of sp³-hybridized carbons (Fsp3) is 0.200. The van der Waals surface area contributed by atoms with Crippen molar-refractivity contribution >= 4 is 35.0 Å².